The van der Waals surface area contributed by atoms with Crippen molar-refractivity contribution in [2.24, 2.45) is 0 Å². The van der Waals surface area contributed by atoms with E-state index in [0.717, 1.165) is 22.2 Å². The summed E-state index contributed by atoms with van der Waals surface area (Å²) in [4.78, 5) is 3.61. The molecule has 0 aliphatic rings. The summed E-state index contributed by atoms with van der Waals surface area (Å²) in [6.45, 7) is 0. The molecule has 0 unspecified atom stereocenters. The molecule has 0 atom stereocenters. The van der Waals surface area contributed by atoms with Gasteiger partial charge in [0, 0.05) is 22.3 Å². The van der Waals surface area contributed by atoms with Gasteiger partial charge in [-0.1, -0.05) is 48.5 Å². The fraction of sp³-hybridized carbons (Fsp3) is 0. The van der Waals surface area contributed by atoms with Crippen molar-refractivity contribution >= 4 is 26.6 Å². The molecule has 1 aromatic heterocycles. The summed E-state index contributed by atoms with van der Waals surface area (Å²) in [7, 11) is -3.57. The van der Waals surface area contributed by atoms with Crippen LogP contribution in [0.5, 0.6) is 0 Å². The van der Waals surface area contributed by atoms with Crippen LogP contribution in [0, 0.1) is 0 Å². The zero-order valence-corrected chi connectivity index (χ0v) is 14.1. The first kappa shape index (κ1) is 15.5. The van der Waals surface area contributed by atoms with Gasteiger partial charge in [0.05, 0.1) is 4.90 Å². The molecule has 3 aromatic carbocycles. The molecule has 2 N–H and O–H groups in total. The van der Waals surface area contributed by atoms with Crippen molar-refractivity contribution in [2.45, 2.75) is 4.90 Å². The highest BCUT2D eigenvalue weighted by atomic mass is 32.2. The van der Waals surface area contributed by atoms with Gasteiger partial charge in [-0.15, -0.1) is 0 Å². The van der Waals surface area contributed by atoms with Crippen molar-refractivity contribution in [1.29, 1.82) is 0 Å². The summed E-state index contributed by atoms with van der Waals surface area (Å²) in [5.74, 6) is 0. The fourth-order valence-corrected chi connectivity index (χ4v) is 3.84. The number of aromatic nitrogens is 1. The van der Waals surface area contributed by atoms with Gasteiger partial charge < -0.3 is 4.98 Å². The molecule has 1 heterocycles. The molecule has 0 bridgehead atoms. The van der Waals surface area contributed by atoms with Crippen molar-refractivity contribution < 1.29 is 8.42 Å². The first-order chi connectivity index (χ1) is 12.1. The van der Waals surface area contributed by atoms with E-state index in [4.69, 9.17) is 0 Å². The molecule has 4 aromatic rings. The summed E-state index contributed by atoms with van der Waals surface area (Å²) < 4.78 is 27.3. The molecule has 4 rings (SSSR count). The molecule has 0 aliphatic heterocycles. The third-order valence-corrected chi connectivity index (χ3v) is 5.43. The van der Waals surface area contributed by atoms with Gasteiger partial charge in [-0.2, -0.15) is 0 Å². The summed E-state index contributed by atoms with van der Waals surface area (Å²) in [6.07, 6.45) is 0. The van der Waals surface area contributed by atoms with Gasteiger partial charge >= 0.3 is 0 Å². The smallest absolute Gasteiger partial charge is 0.261 e. The van der Waals surface area contributed by atoms with Gasteiger partial charge in [0.2, 0.25) is 0 Å². The number of anilines is 1. The van der Waals surface area contributed by atoms with Gasteiger partial charge in [0.1, 0.15) is 0 Å². The normalized spacial score (nSPS) is 11.5. The number of hydrogen-bond acceptors (Lipinski definition) is 2. The average Bonchev–Trinajstić information content (AvgIpc) is 3.07. The predicted octanol–water partition coefficient (Wildman–Crippen LogP) is 4.64. The lowest BCUT2D eigenvalue weighted by atomic mass is 10.1. The SMILES string of the molecule is O=S(=O)(Nc1ccc(-c2cc3ccccc3[nH]2)cc1)c1ccccc1. The van der Waals surface area contributed by atoms with E-state index in [1.54, 1.807) is 42.5 Å². The number of rotatable bonds is 4. The molecule has 124 valence electrons. The second-order valence-corrected chi connectivity index (χ2v) is 7.45. The average molecular weight is 348 g/mol. The Morgan fingerprint density at radius 2 is 1.44 bits per heavy atom. The summed E-state index contributed by atoms with van der Waals surface area (Å²) in [5.41, 5.74) is 3.60. The largest absolute Gasteiger partial charge is 0.355 e. The molecule has 0 radical (unpaired) electrons. The van der Waals surface area contributed by atoms with Crippen molar-refractivity contribution in [3.05, 3.63) is 84.9 Å². The van der Waals surface area contributed by atoms with Crippen molar-refractivity contribution in [3.63, 3.8) is 0 Å². The number of para-hydroxylation sites is 1. The summed E-state index contributed by atoms with van der Waals surface area (Å²) >= 11 is 0. The van der Waals surface area contributed by atoms with Gasteiger partial charge in [0.15, 0.2) is 0 Å². The molecule has 0 fully saturated rings. The Labute approximate surface area is 146 Å². The Kier molecular flexibility index (Phi) is 3.78. The molecular formula is C20H16N2O2S. The maximum absolute atomic E-state index is 12.4. The van der Waals surface area contributed by atoms with Gasteiger partial charge in [-0.3, -0.25) is 4.72 Å². The van der Waals surface area contributed by atoms with E-state index in [2.05, 4.69) is 21.8 Å². The molecule has 5 heteroatoms. The molecule has 0 saturated carbocycles. The van der Waals surface area contributed by atoms with Crippen LogP contribution in [0.4, 0.5) is 5.69 Å². The molecule has 25 heavy (non-hydrogen) atoms. The molecular weight excluding hydrogens is 332 g/mol. The number of benzene rings is 3. The minimum Gasteiger partial charge on any atom is -0.355 e. The van der Waals surface area contributed by atoms with Crippen LogP contribution in [-0.2, 0) is 10.0 Å². The monoisotopic (exact) mass is 348 g/mol. The number of fused-ring (bicyclic) bond motifs is 1. The minimum absolute atomic E-state index is 0.245. The maximum Gasteiger partial charge on any atom is 0.261 e. The lowest BCUT2D eigenvalue weighted by molar-refractivity contribution is 0.601. The van der Waals surface area contributed by atoms with Crippen LogP contribution < -0.4 is 4.72 Å². The molecule has 0 aliphatic carbocycles. The van der Waals surface area contributed by atoms with Gasteiger partial charge in [-0.25, -0.2) is 8.42 Å². The summed E-state index contributed by atoms with van der Waals surface area (Å²) in [5, 5.41) is 1.14. The third kappa shape index (κ3) is 3.14. The van der Waals surface area contributed by atoms with E-state index in [1.165, 1.54) is 0 Å². The zero-order valence-electron chi connectivity index (χ0n) is 13.3. The first-order valence-corrected chi connectivity index (χ1v) is 9.36. The molecule has 0 amide bonds. The lowest BCUT2D eigenvalue weighted by Crippen LogP contribution is -2.12. The van der Waals surface area contributed by atoms with Crippen molar-refractivity contribution in [1.82, 2.24) is 4.98 Å². The zero-order chi connectivity index (χ0) is 17.3. The number of nitrogens with one attached hydrogen (secondary N) is 2. The summed E-state index contributed by atoms with van der Waals surface area (Å²) in [6, 6.07) is 25.8. The third-order valence-electron chi connectivity index (χ3n) is 4.03. The predicted molar refractivity (Wildman–Crippen MR) is 101 cm³/mol. The molecule has 4 nitrogen and oxygen atoms in total. The minimum atomic E-state index is -3.57. The van der Waals surface area contributed by atoms with Crippen LogP contribution in [0.25, 0.3) is 22.2 Å². The number of aromatic amines is 1. The lowest BCUT2D eigenvalue weighted by Gasteiger charge is -2.08. The van der Waals surface area contributed by atoms with Crippen LogP contribution in [0.2, 0.25) is 0 Å². The number of sulfonamides is 1. The van der Waals surface area contributed by atoms with Crippen LogP contribution in [-0.4, -0.2) is 13.4 Å². The standard InChI is InChI=1S/C20H16N2O2S/c23-25(24,18-7-2-1-3-8-18)22-17-12-10-15(11-13-17)20-14-16-6-4-5-9-19(16)21-20/h1-14,21-22H. The highest BCUT2D eigenvalue weighted by Crippen LogP contribution is 2.25. The highest BCUT2D eigenvalue weighted by molar-refractivity contribution is 7.92. The number of hydrogen-bond donors (Lipinski definition) is 2. The Hall–Kier alpha value is -3.05. The van der Waals surface area contributed by atoms with Crippen LogP contribution in [0.15, 0.2) is 89.8 Å². The second-order valence-electron chi connectivity index (χ2n) is 5.77. The van der Waals surface area contributed by atoms with Crippen LogP contribution >= 0.6 is 0 Å². The van der Waals surface area contributed by atoms with Gasteiger partial charge in [-0.05, 0) is 42.0 Å². The van der Waals surface area contributed by atoms with Crippen molar-refractivity contribution in [2.75, 3.05) is 4.72 Å². The second kappa shape index (κ2) is 6.11. The van der Waals surface area contributed by atoms with E-state index in [9.17, 15) is 8.42 Å². The van der Waals surface area contributed by atoms with Crippen LogP contribution in [0.3, 0.4) is 0 Å². The van der Waals surface area contributed by atoms with E-state index in [1.807, 2.05) is 30.3 Å². The highest BCUT2D eigenvalue weighted by Gasteiger charge is 2.13. The van der Waals surface area contributed by atoms with E-state index in [0.29, 0.717) is 5.69 Å². The van der Waals surface area contributed by atoms with Crippen LogP contribution in [0.1, 0.15) is 0 Å². The van der Waals surface area contributed by atoms with Crippen molar-refractivity contribution in [3.8, 4) is 11.3 Å². The topological polar surface area (TPSA) is 62.0 Å². The Morgan fingerprint density at radius 3 is 2.16 bits per heavy atom. The molecule has 0 saturated heterocycles. The van der Waals surface area contributed by atoms with Gasteiger partial charge in [0.25, 0.3) is 10.0 Å². The molecule has 0 spiro atoms. The fourth-order valence-electron chi connectivity index (χ4n) is 2.76. The Morgan fingerprint density at radius 1 is 0.760 bits per heavy atom. The number of H-pyrrole nitrogens is 1. The Bertz CT molecular complexity index is 1080. The Balaban J connectivity index is 1.60. The van der Waals surface area contributed by atoms with E-state index in [-0.39, 0.29) is 4.90 Å². The quantitative estimate of drug-likeness (QED) is 0.564. The first-order valence-electron chi connectivity index (χ1n) is 7.88. The van der Waals surface area contributed by atoms with E-state index < -0.39 is 10.0 Å². The maximum atomic E-state index is 12.4. The van der Waals surface area contributed by atoms with E-state index >= 15 is 0 Å².